The van der Waals surface area contributed by atoms with Crippen molar-refractivity contribution in [2.75, 3.05) is 45.0 Å². The molecule has 0 aliphatic rings. The van der Waals surface area contributed by atoms with E-state index in [0.29, 0.717) is 6.42 Å². The van der Waals surface area contributed by atoms with E-state index in [-0.39, 0.29) is 5.91 Å². The third-order valence-corrected chi connectivity index (χ3v) is 2.76. The minimum absolute atomic E-state index is 0.179. The van der Waals surface area contributed by atoms with Crippen LogP contribution in [0.2, 0.25) is 0 Å². The van der Waals surface area contributed by atoms with E-state index in [1.807, 2.05) is 26.2 Å². The lowest BCUT2D eigenvalue weighted by Crippen LogP contribution is -2.22. The van der Waals surface area contributed by atoms with Crippen molar-refractivity contribution in [1.29, 1.82) is 0 Å². The normalized spacial score (nSPS) is 10.0. The Hall–Kier alpha value is -1.71. The van der Waals surface area contributed by atoms with Crippen LogP contribution < -0.4 is 10.2 Å². The molecule has 0 aliphatic carbocycles. The van der Waals surface area contributed by atoms with Crippen LogP contribution in [0.3, 0.4) is 0 Å². The molecule has 1 amide bonds. The SMILES string of the molecule is CN(C)C(=O)CCCNc1cccc(N(C)C)c1. The van der Waals surface area contributed by atoms with Gasteiger partial charge in [-0.05, 0) is 24.6 Å². The molecule has 1 rings (SSSR count). The van der Waals surface area contributed by atoms with Gasteiger partial charge < -0.3 is 15.1 Å². The van der Waals surface area contributed by atoms with Gasteiger partial charge in [0.05, 0.1) is 0 Å². The second-order valence-electron chi connectivity index (χ2n) is 4.76. The first-order chi connectivity index (χ1) is 8.50. The molecule has 4 heteroatoms. The van der Waals surface area contributed by atoms with Gasteiger partial charge in [0, 0.05) is 52.5 Å². The molecule has 0 radical (unpaired) electrons. The van der Waals surface area contributed by atoms with E-state index >= 15 is 0 Å². The number of nitrogens with one attached hydrogen (secondary N) is 1. The Labute approximate surface area is 110 Å². The van der Waals surface area contributed by atoms with Gasteiger partial charge in [-0.2, -0.15) is 0 Å². The number of hydrogen-bond donors (Lipinski definition) is 1. The zero-order valence-corrected chi connectivity index (χ0v) is 11.7. The van der Waals surface area contributed by atoms with Gasteiger partial charge in [-0.3, -0.25) is 4.79 Å². The summed E-state index contributed by atoms with van der Waals surface area (Å²) in [7, 11) is 7.62. The summed E-state index contributed by atoms with van der Waals surface area (Å²) in [6.45, 7) is 0.816. The third kappa shape index (κ3) is 4.65. The fraction of sp³-hybridized carbons (Fsp3) is 0.500. The molecule has 0 atom stereocenters. The van der Waals surface area contributed by atoms with Crippen LogP contribution in [0.25, 0.3) is 0 Å². The van der Waals surface area contributed by atoms with Crippen molar-refractivity contribution in [2.45, 2.75) is 12.8 Å². The fourth-order valence-electron chi connectivity index (χ4n) is 1.59. The highest BCUT2D eigenvalue weighted by Gasteiger charge is 2.03. The van der Waals surface area contributed by atoms with Crippen molar-refractivity contribution in [3.05, 3.63) is 24.3 Å². The Morgan fingerprint density at radius 2 is 1.94 bits per heavy atom. The van der Waals surface area contributed by atoms with E-state index < -0.39 is 0 Å². The van der Waals surface area contributed by atoms with Crippen molar-refractivity contribution in [2.24, 2.45) is 0 Å². The average Bonchev–Trinajstić information content (AvgIpc) is 2.34. The van der Waals surface area contributed by atoms with E-state index in [1.165, 1.54) is 5.69 Å². The standard InChI is InChI=1S/C14H23N3O/c1-16(2)13-8-5-7-12(11-13)15-10-6-9-14(18)17(3)4/h5,7-8,11,15H,6,9-10H2,1-4H3. The van der Waals surface area contributed by atoms with Crippen molar-refractivity contribution in [3.8, 4) is 0 Å². The smallest absolute Gasteiger partial charge is 0.222 e. The maximum atomic E-state index is 11.4. The topological polar surface area (TPSA) is 35.6 Å². The Balaban J connectivity index is 2.35. The molecule has 0 saturated heterocycles. The molecule has 0 bridgehead atoms. The van der Waals surface area contributed by atoms with E-state index in [2.05, 4.69) is 22.3 Å². The minimum Gasteiger partial charge on any atom is -0.385 e. The summed E-state index contributed by atoms with van der Waals surface area (Å²) in [5, 5.41) is 3.34. The Morgan fingerprint density at radius 3 is 2.56 bits per heavy atom. The average molecular weight is 249 g/mol. The first-order valence-corrected chi connectivity index (χ1v) is 6.22. The summed E-state index contributed by atoms with van der Waals surface area (Å²) in [6, 6.07) is 8.25. The van der Waals surface area contributed by atoms with Crippen LogP contribution in [-0.2, 0) is 4.79 Å². The molecule has 100 valence electrons. The highest BCUT2D eigenvalue weighted by molar-refractivity contribution is 5.75. The van der Waals surface area contributed by atoms with Crippen LogP contribution >= 0.6 is 0 Å². The zero-order chi connectivity index (χ0) is 13.5. The van der Waals surface area contributed by atoms with Crippen LogP contribution in [0.15, 0.2) is 24.3 Å². The van der Waals surface area contributed by atoms with Crippen LogP contribution in [0.4, 0.5) is 11.4 Å². The zero-order valence-electron chi connectivity index (χ0n) is 11.7. The highest BCUT2D eigenvalue weighted by Crippen LogP contribution is 2.17. The van der Waals surface area contributed by atoms with Crippen LogP contribution in [-0.4, -0.2) is 45.5 Å². The summed E-state index contributed by atoms with van der Waals surface area (Å²) in [4.78, 5) is 15.1. The predicted molar refractivity (Wildman–Crippen MR) is 77.2 cm³/mol. The van der Waals surface area contributed by atoms with E-state index in [4.69, 9.17) is 0 Å². The molecule has 0 saturated carbocycles. The maximum absolute atomic E-state index is 11.4. The van der Waals surface area contributed by atoms with E-state index in [1.54, 1.807) is 19.0 Å². The van der Waals surface area contributed by atoms with Crippen LogP contribution in [0, 0.1) is 0 Å². The van der Waals surface area contributed by atoms with Crippen molar-refractivity contribution >= 4 is 17.3 Å². The van der Waals surface area contributed by atoms with Gasteiger partial charge in [0.15, 0.2) is 0 Å². The molecule has 0 fully saturated rings. The Bertz CT molecular complexity index is 388. The number of rotatable bonds is 6. The molecule has 4 nitrogen and oxygen atoms in total. The van der Waals surface area contributed by atoms with Gasteiger partial charge in [0.25, 0.3) is 0 Å². The van der Waals surface area contributed by atoms with Crippen LogP contribution in [0.1, 0.15) is 12.8 Å². The lowest BCUT2D eigenvalue weighted by atomic mass is 10.2. The monoisotopic (exact) mass is 249 g/mol. The minimum atomic E-state index is 0.179. The summed E-state index contributed by atoms with van der Waals surface area (Å²) >= 11 is 0. The summed E-state index contributed by atoms with van der Waals surface area (Å²) in [5.74, 6) is 0.179. The lowest BCUT2D eigenvalue weighted by molar-refractivity contribution is -0.128. The molecule has 0 aliphatic heterocycles. The molecule has 0 heterocycles. The molecule has 1 aromatic rings. The first kappa shape index (κ1) is 14.4. The number of benzene rings is 1. The molecule has 18 heavy (non-hydrogen) atoms. The Kier molecular flexibility index (Phi) is 5.49. The number of carbonyl (C=O) groups is 1. The number of amides is 1. The van der Waals surface area contributed by atoms with Crippen molar-refractivity contribution in [3.63, 3.8) is 0 Å². The van der Waals surface area contributed by atoms with Gasteiger partial charge in [0.1, 0.15) is 0 Å². The summed E-state index contributed by atoms with van der Waals surface area (Å²) in [6.07, 6.45) is 1.44. The second kappa shape index (κ2) is 6.89. The second-order valence-corrected chi connectivity index (χ2v) is 4.76. The molecule has 1 N–H and O–H groups in total. The number of anilines is 2. The fourth-order valence-corrected chi connectivity index (χ4v) is 1.59. The summed E-state index contributed by atoms with van der Waals surface area (Å²) < 4.78 is 0. The lowest BCUT2D eigenvalue weighted by Gasteiger charge is -2.14. The number of nitrogens with zero attached hydrogens (tertiary/aromatic N) is 2. The van der Waals surface area contributed by atoms with Gasteiger partial charge >= 0.3 is 0 Å². The van der Waals surface area contributed by atoms with Gasteiger partial charge in [-0.25, -0.2) is 0 Å². The Morgan fingerprint density at radius 1 is 1.22 bits per heavy atom. The largest absolute Gasteiger partial charge is 0.385 e. The van der Waals surface area contributed by atoms with Gasteiger partial charge in [-0.1, -0.05) is 6.07 Å². The maximum Gasteiger partial charge on any atom is 0.222 e. The molecule has 0 aromatic heterocycles. The molecule has 0 spiro atoms. The van der Waals surface area contributed by atoms with E-state index in [0.717, 1.165) is 18.7 Å². The van der Waals surface area contributed by atoms with Crippen molar-refractivity contribution in [1.82, 2.24) is 4.90 Å². The quantitative estimate of drug-likeness (QED) is 0.784. The summed E-state index contributed by atoms with van der Waals surface area (Å²) in [5.41, 5.74) is 2.27. The molecular formula is C14H23N3O. The van der Waals surface area contributed by atoms with Gasteiger partial charge in [-0.15, -0.1) is 0 Å². The molecule has 0 unspecified atom stereocenters. The van der Waals surface area contributed by atoms with Gasteiger partial charge in [0.2, 0.25) is 5.91 Å². The van der Waals surface area contributed by atoms with Crippen molar-refractivity contribution < 1.29 is 4.79 Å². The first-order valence-electron chi connectivity index (χ1n) is 6.22. The molecular weight excluding hydrogens is 226 g/mol. The number of carbonyl (C=O) groups excluding carboxylic acids is 1. The highest BCUT2D eigenvalue weighted by atomic mass is 16.2. The predicted octanol–water partition coefficient (Wildman–Crippen LogP) is 2.03. The molecule has 1 aromatic carbocycles. The van der Waals surface area contributed by atoms with E-state index in [9.17, 15) is 4.79 Å². The van der Waals surface area contributed by atoms with Crippen LogP contribution in [0.5, 0.6) is 0 Å². The third-order valence-electron chi connectivity index (χ3n) is 2.76. The number of hydrogen-bond acceptors (Lipinski definition) is 3.